The Morgan fingerprint density at radius 2 is 1.91 bits per heavy atom. The van der Waals surface area contributed by atoms with Crippen molar-refractivity contribution in [2.75, 3.05) is 6.61 Å². The fourth-order valence-electron chi connectivity index (χ4n) is 2.40. The van der Waals surface area contributed by atoms with Gasteiger partial charge in [0.2, 0.25) is 0 Å². The highest BCUT2D eigenvalue weighted by atomic mass is 16.5. The summed E-state index contributed by atoms with van der Waals surface area (Å²) in [6.07, 6.45) is 8.21. The smallest absolute Gasteiger partial charge is 0.0704 e. The molecule has 0 amide bonds. The lowest BCUT2D eigenvalue weighted by atomic mass is 9.74. The lowest BCUT2D eigenvalue weighted by molar-refractivity contribution is -0.170. The number of hydrogen-bond acceptors (Lipinski definition) is 1. The van der Waals surface area contributed by atoms with E-state index in [9.17, 15) is 0 Å². The van der Waals surface area contributed by atoms with E-state index in [0.717, 1.165) is 12.5 Å². The Labute approximate surface area is 69.1 Å². The van der Waals surface area contributed by atoms with Crippen LogP contribution in [0.3, 0.4) is 0 Å². The summed E-state index contributed by atoms with van der Waals surface area (Å²) in [5, 5.41) is 0. The highest BCUT2D eigenvalue weighted by Gasteiger charge is 2.40. The molecule has 1 nitrogen and oxygen atoms in total. The van der Waals surface area contributed by atoms with Gasteiger partial charge < -0.3 is 4.74 Å². The van der Waals surface area contributed by atoms with E-state index in [1.165, 1.54) is 38.5 Å². The molecule has 0 aromatic heterocycles. The molecule has 11 heavy (non-hydrogen) atoms. The average Bonchev–Trinajstić information content (AvgIpc) is 2.02. The second kappa shape index (κ2) is 2.78. The van der Waals surface area contributed by atoms with E-state index < -0.39 is 0 Å². The van der Waals surface area contributed by atoms with Crippen molar-refractivity contribution in [2.24, 2.45) is 5.92 Å². The zero-order chi connectivity index (χ0) is 7.73. The minimum atomic E-state index is 0.381. The van der Waals surface area contributed by atoms with E-state index in [1.807, 2.05) is 0 Å². The van der Waals surface area contributed by atoms with Gasteiger partial charge in [-0.1, -0.05) is 13.3 Å². The molecule has 0 aromatic rings. The Morgan fingerprint density at radius 1 is 1.27 bits per heavy atom. The maximum Gasteiger partial charge on any atom is 0.0704 e. The van der Waals surface area contributed by atoms with E-state index in [0.29, 0.717) is 5.60 Å². The summed E-state index contributed by atoms with van der Waals surface area (Å²) >= 11 is 0. The second-order valence-corrected chi connectivity index (χ2v) is 4.13. The molecule has 1 heteroatoms. The van der Waals surface area contributed by atoms with Crippen molar-refractivity contribution in [2.45, 2.75) is 51.0 Å². The third-order valence-electron chi connectivity index (χ3n) is 3.56. The van der Waals surface area contributed by atoms with Crippen LogP contribution in [0.5, 0.6) is 0 Å². The Balaban J connectivity index is 1.84. The van der Waals surface area contributed by atoms with Crippen LogP contribution in [0, 0.1) is 5.92 Å². The Kier molecular flexibility index (Phi) is 1.92. The van der Waals surface area contributed by atoms with Crippen LogP contribution in [-0.4, -0.2) is 12.2 Å². The minimum Gasteiger partial charge on any atom is -0.375 e. The summed E-state index contributed by atoms with van der Waals surface area (Å²) in [4.78, 5) is 0. The van der Waals surface area contributed by atoms with Crippen molar-refractivity contribution in [1.29, 1.82) is 0 Å². The maximum atomic E-state index is 5.65. The molecule has 1 saturated carbocycles. The minimum absolute atomic E-state index is 0.381. The Bertz CT molecular complexity index is 128. The standard InChI is InChI=1S/C10H18O/c1-2-9-3-5-10(6-4-9)7-8-11-10/h9H,2-8H2,1H3. The molecular weight excluding hydrogens is 136 g/mol. The van der Waals surface area contributed by atoms with E-state index >= 15 is 0 Å². The first kappa shape index (κ1) is 7.60. The number of hydrogen-bond donors (Lipinski definition) is 0. The van der Waals surface area contributed by atoms with Crippen LogP contribution in [0.2, 0.25) is 0 Å². The van der Waals surface area contributed by atoms with Gasteiger partial charge in [0.05, 0.1) is 12.2 Å². The zero-order valence-electron chi connectivity index (χ0n) is 7.44. The molecule has 1 spiro atoms. The first-order valence-electron chi connectivity index (χ1n) is 4.99. The first-order valence-corrected chi connectivity index (χ1v) is 4.99. The topological polar surface area (TPSA) is 9.23 Å². The predicted molar refractivity (Wildman–Crippen MR) is 45.5 cm³/mol. The van der Waals surface area contributed by atoms with Crippen molar-refractivity contribution in [3.63, 3.8) is 0 Å². The molecule has 1 saturated heterocycles. The van der Waals surface area contributed by atoms with Gasteiger partial charge in [-0.25, -0.2) is 0 Å². The molecule has 0 atom stereocenters. The summed E-state index contributed by atoms with van der Waals surface area (Å²) in [5.41, 5.74) is 0.381. The highest BCUT2D eigenvalue weighted by molar-refractivity contribution is 4.91. The molecular formula is C10H18O. The van der Waals surface area contributed by atoms with Gasteiger partial charge in [-0.15, -0.1) is 0 Å². The van der Waals surface area contributed by atoms with Crippen molar-refractivity contribution in [3.05, 3.63) is 0 Å². The summed E-state index contributed by atoms with van der Waals surface area (Å²) in [7, 11) is 0. The van der Waals surface area contributed by atoms with Gasteiger partial charge in [0.15, 0.2) is 0 Å². The largest absolute Gasteiger partial charge is 0.375 e. The lowest BCUT2D eigenvalue weighted by Gasteiger charge is -2.46. The zero-order valence-corrected chi connectivity index (χ0v) is 7.44. The maximum absolute atomic E-state index is 5.65. The Hall–Kier alpha value is -0.0400. The van der Waals surface area contributed by atoms with E-state index in [-0.39, 0.29) is 0 Å². The van der Waals surface area contributed by atoms with Gasteiger partial charge in [0, 0.05) is 0 Å². The molecule has 2 fully saturated rings. The van der Waals surface area contributed by atoms with Gasteiger partial charge in [-0.3, -0.25) is 0 Å². The van der Waals surface area contributed by atoms with Crippen LogP contribution in [0.4, 0.5) is 0 Å². The summed E-state index contributed by atoms with van der Waals surface area (Å²) in [6.45, 7) is 3.33. The monoisotopic (exact) mass is 154 g/mol. The van der Waals surface area contributed by atoms with Gasteiger partial charge in [0.1, 0.15) is 0 Å². The van der Waals surface area contributed by atoms with E-state index in [1.54, 1.807) is 0 Å². The fourth-order valence-corrected chi connectivity index (χ4v) is 2.40. The molecule has 2 aliphatic rings. The van der Waals surface area contributed by atoms with E-state index in [2.05, 4.69) is 6.92 Å². The van der Waals surface area contributed by atoms with Crippen molar-refractivity contribution in [1.82, 2.24) is 0 Å². The molecule has 1 aliphatic carbocycles. The molecule has 0 bridgehead atoms. The number of rotatable bonds is 1. The normalized spacial score (nSPS) is 43.9. The van der Waals surface area contributed by atoms with Crippen molar-refractivity contribution >= 4 is 0 Å². The van der Waals surface area contributed by atoms with Gasteiger partial charge in [0.25, 0.3) is 0 Å². The van der Waals surface area contributed by atoms with Crippen LogP contribution >= 0.6 is 0 Å². The van der Waals surface area contributed by atoms with E-state index in [4.69, 9.17) is 4.74 Å². The van der Waals surface area contributed by atoms with Crippen molar-refractivity contribution < 1.29 is 4.74 Å². The average molecular weight is 154 g/mol. The third kappa shape index (κ3) is 1.31. The predicted octanol–water partition coefficient (Wildman–Crippen LogP) is 2.75. The van der Waals surface area contributed by atoms with Crippen LogP contribution in [-0.2, 0) is 4.74 Å². The van der Waals surface area contributed by atoms with Crippen molar-refractivity contribution in [3.8, 4) is 0 Å². The molecule has 0 radical (unpaired) electrons. The number of ether oxygens (including phenoxy) is 1. The van der Waals surface area contributed by atoms with Crippen LogP contribution < -0.4 is 0 Å². The van der Waals surface area contributed by atoms with Crippen LogP contribution in [0.1, 0.15) is 45.4 Å². The second-order valence-electron chi connectivity index (χ2n) is 4.13. The summed E-state index contributed by atoms with van der Waals surface area (Å²) in [6, 6.07) is 0. The summed E-state index contributed by atoms with van der Waals surface area (Å²) in [5.74, 6) is 1.00. The SMILES string of the molecule is CCC1CCC2(CCO2)CC1. The Morgan fingerprint density at radius 3 is 2.27 bits per heavy atom. The quantitative estimate of drug-likeness (QED) is 0.564. The molecule has 64 valence electrons. The fraction of sp³-hybridized carbons (Fsp3) is 1.00. The molecule has 1 aliphatic heterocycles. The van der Waals surface area contributed by atoms with Gasteiger partial charge in [-0.05, 0) is 38.0 Å². The van der Waals surface area contributed by atoms with Gasteiger partial charge in [-0.2, -0.15) is 0 Å². The summed E-state index contributed by atoms with van der Waals surface area (Å²) < 4.78 is 5.65. The van der Waals surface area contributed by atoms with Crippen LogP contribution in [0.25, 0.3) is 0 Å². The molecule has 2 rings (SSSR count). The first-order chi connectivity index (χ1) is 5.35. The van der Waals surface area contributed by atoms with Gasteiger partial charge >= 0.3 is 0 Å². The third-order valence-corrected chi connectivity index (χ3v) is 3.56. The lowest BCUT2D eigenvalue weighted by Crippen LogP contribution is -2.46. The highest BCUT2D eigenvalue weighted by Crippen LogP contribution is 2.42. The molecule has 0 aromatic carbocycles. The van der Waals surface area contributed by atoms with Crippen LogP contribution in [0.15, 0.2) is 0 Å². The molecule has 0 N–H and O–H groups in total. The molecule has 0 unspecified atom stereocenters. The molecule has 1 heterocycles.